The van der Waals surface area contributed by atoms with E-state index in [4.69, 9.17) is 5.73 Å². The summed E-state index contributed by atoms with van der Waals surface area (Å²) >= 11 is 0. The molecule has 0 radical (unpaired) electrons. The monoisotopic (exact) mass is 517 g/mol. The molecule has 8 nitrogen and oxygen atoms in total. The van der Waals surface area contributed by atoms with Crippen molar-refractivity contribution in [2.24, 2.45) is 17.8 Å². The van der Waals surface area contributed by atoms with Gasteiger partial charge in [0.1, 0.15) is 5.69 Å². The van der Waals surface area contributed by atoms with Crippen LogP contribution in [0.5, 0.6) is 0 Å². The number of carbonyl (C=O) groups excluding carboxylic acids is 1. The van der Waals surface area contributed by atoms with Gasteiger partial charge in [-0.05, 0) is 49.2 Å². The predicted octanol–water partition coefficient (Wildman–Crippen LogP) is 5.72. The highest BCUT2D eigenvalue weighted by atomic mass is 19.4. The molecule has 1 amide bonds. The molecular weight excluding hydrogens is 495 g/mol. The number of primary amides is 1. The lowest BCUT2D eigenvalue weighted by molar-refractivity contribution is -0.140. The van der Waals surface area contributed by atoms with Gasteiger partial charge in [-0.2, -0.15) is 18.3 Å². The van der Waals surface area contributed by atoms with Gasteiger partial charge in [-0.15, -0.1) is 0 Å². The lowest BCUT2D eigenvalue weighted by Gasteiger charge is -2.15. The second-order valence-corrected chi connectivity index (χ2v) is 8.95. The van der Waals surface area contributed by atoms with Gasteiger partial charge in [0.2, 0.25) is 0 Å². The van der Waals surface area contributed by atoms with Crippen LogP contribution in [0.3, 0.4) is 0 Å². The van der Waals surface area contributed by atoms with Gasteiger partial charge in [0.15, 0.2) is 0 Å². The highest BCUT2D eigenvalue weighted by Crippen LogP contribution is 2.38. The Kier molecular flexibility index (Phi) is 6.06. The Labute approximate surface area is 215 Å². The van der Waals surface area contributed by atoms with Crippen LogP contribution in [-0.2, 0) is 13.2 Å². The van der Waals surface area contributed by atoms with Crippen LogP contribution in [0.25, 0.3) is 39.0 Å². The summed E-state index contributed by atoms with van der Waals surface area (Å²) in [6.07, 6.45) is 1.99. The number of aromatic nitrogens is 5. The minimum Gasteiger partial charge on any atom is -0.366 e. The zero-order valence-electron chi connectivity index (χ0n) is 20.7. The molecule has 3 aromatic heterocycles. The first-order valence-electron chi connectivity index (χ1n) is 11.5. The van der Waals surface area contributed by atoms with E-state index in [1.165, 1.54) is 12.4 Å². The minimum atomic E-state index is -4.69. The van der Waals surface area contributed by atoms with Crippen LogP contribution >= 0.6 is 0 Å². The zero-order chi connectivity index (χ0) is 27.2. The van der Waals surface area contributed by atoms with Crippen molar-refractivity contribution in [1.82, 2.24) is 24.3 Å². The fourth-order valence-corrected chi connectivity index (χ4v) is 4.22. The topological polar surface area (TPSA) is 104 Å². The number of hydrogen-bond acceptors (Lipinski definition) is 5. The summed E-state index contributed by atoms with van der Waals surface area (Å²) < 4.78 is 45.3. The van der Waals surface area contributed by atoms with E-state index < -0.39 is 17.8 Å². The molecule has 2 aromatic carbocycles. The molecule has 0 spiro atoms. The van der Waals surface area contributed by atoms with Crippen molar-refractivity contribution < 1.29 is 18.0 Å². The summed E-state index contributed by atoms with van der Waals surface area (Å²) in [6.45, 7) is 3.50. The van der Waals surface area contributed by atoms with Gasteiger partial charge < -0.3 is 10.3 Å². The molecule has 5 aromatic rings. The summed E-state index contributed by atoms with van der Waals surface area (Å²) in [4.78, 5) is 24.7. The number of aliphatic imine (C=N–C) groups is 1. The molecular formula is C27H22F3N7O. The Morgan fingerprint density at radius 1 is 1.05 bits per heavy atom. The van der Waals surface area contributed by atoms with Gasteiger partial charge in [-0.1, -0.05) is 18.2 Å². The van der Waals surface area contributed by atoms with Crippen molar-refractivity contribution in [1.29, 1.82) is 0 Å². The summed E-state index contributed by atoms with van der Waals surface area (Å²) in [7, 11) is 1.78. The SMILES string of the molecule is CC(C)=Nc1cc(-c2cc(C(F)(F)F)nc3c(-n4cnc(-c5cnn(C)c5)c4)cccc23)ccc1C(N)=O. The number of aryl methyl sites for hydroxylation is 1. The number of carbonyl (C=O) groups is 1. The number of nitrogens with zero attached hydrogens (tertiary/aromatic N) is 6. The molecule has 0 saturated heterocycles. The third-order valence-corrected chi connectivity index (χ3v) is 5.89. The van der Waals surface area contributed by atoms with Crippen LogP contribution in [-0.4, -0.2) is 35.9 Å². The van der Waals surface area contributed by atoms with Crippen molar-refractivity contribution >= 4 is 28.2 Å². The number of fused-ring (bicyclic) bond motifs is 1. The number of amides is 1. The number of para-hydroxylation sites is 1. The van der Waals surface area contributed by atoms with Crippen molar-refractivity contribution in [3.8, 4) is 28.1 Å². The first kappa shape index (κ1) is 24.9. The Morgan fingerprint density at radius 2 is 1.84 bits per heavy atom. The van der Waals surface area contributed by atoms with Gasteiger partial charge in [0.05, 0.1) is 40.7 Å². The number of alkyl halides is 3. The first-order chi connectivity index (χ1) is 18.0. The van der Waals surface area contributed by atoms with Gasteiger partial charge in [-0.3, -0.25) is 14.5 Å². The third kappa shape index (κ3) is 4.65. The van der Waals surface area contributed by atoms with E-state index in [1.54, 1.807) is 79.1 Å². The second-order valence-electron chi connectivity index (χ2n) is 8.95. The predicted molar refractivity (Wildman–Crippen MR) is 138 cm³/mol. The van der Waals surface area contributed by atoms with Crippen molar-refractivity contribution in [2.45, 2.75) is 20.0 Å². The first-order valence-corrected chi connectivity index (χ1v) is 11.5. The van der Waals surface area contributed by atoms with Crippen molar-refractivity contribution in [2.75, 3.05) is 0 Å². The van der Waals surface area contributed by atoms with Crippen LogP contribution in [0, 0.1) is 0 Å². The lowest BCUT2D eigenvalue weighted by Crippen LogP contribution is -2.11. The fourth-order valence-electron chi connectivity index (χ4n) is 4.22. The smallest absolute Gasteiger partial charge is 0.366 e. The minimum absolute atomic E-state index is 0.142. The normalized spacial score (nSPS) is 11.6. The number of hydrogen-bond donors (Lipinski definition) is 1. The molecule has 0 saturated carbocycles. The third-order valence-electron chi connectivity index (χ3n) is 5.89. The van der Waals surface area contributed by atoms with Crippen LogP contribution in [0.2, 0.25) is 0 Å². The highest BCUT2D eigenvalue weighted by Gasteiger charge is 2.34. The van der Waals surface area contributed by atoms with E-state index in [0.717, 1.165) is 11.6 Å². The number of halogens is 3. The molecule has 0 unspecified atom stereocenters. The van der Waals surface area contributed by atoms with E-state index in [2.05, 4.69) is 20.1 Å². The number of nitrogens with two attached hydrogens (primary N) is 1. The summed E-state index contributed by atoms with van der Waals surface area (Å²) in [5, 5.41) is 4.63. The van der Waals surface area contributed by atoms with Crippen molar-refractivity contribution in [3.63, 3.8) is 0 Å². The molecule has 5 rings (SSSR count). The maximum Gasteiger partial charge on any atom is 0.433 e. The number of benzene rings is 2. The van der Waals surface area contributed by atoms with Gasteiger partial charge in [0, 0.05) is 36.1 Å². The molecule has 0 aliphatic carbocycles. The lowest BCUT2D eigenvalue weighted by atomic mass is 9.97. The largest absolute Gasteiger partial charge is 0.433 e. The summed E-state index contributed by atoms with van der Waals surface area (Å²) in [5.41, 5.74) is 8.24. The summed E-state index contributed by atoms with van der Waals surface area (Å²) in [5.74, 6) is -0.682. The highest BCUT2D eigenvalue weighted by molar-refractivity contribution is 6.03. The maximum absolute atomic E-state index is 14.0. The molecule has 192 valence electrons. The van der Waals surface area contributed by atoms with E-state index in [9.17, 15) is 18.0 Å². The summed E-state index contributed by atoms with van der Waals surface area (Å²) in [6, 6.07) is 10.7. The molecule has 0 aliphatic heterocycles. The molecule has 0 fully saturated rings. The van der Waals surface area contributed by atoms with Gasteiger partial charge >= 0.3 is 6.18 Å². The Morgan fingerprint density at radius 3 is 2.50 bits per heavy atom. The van der Waals surface area contributed by atoms with E-state index in [1.807, 2.05) is 0 Å². The Hall–Kier alpha value is -4.80. The molecule has 0 aliphatic rings. The number of imidazole rings is 1. The molecule has 3 heterocycles. The fraction of sp³-hybridized carbons (Fsp3) is 0.148. The zero-order valence-corrected chi connectivity index (χ0v) is 20.7. The van der Waals surface area contributed by atoms with Gasteiger partial charge in [0.25, 0.3) is 5.91 Å². The average Bonchev–Trinajstić information content (AvgIpc) is 3.51. The standard InChI is InChI=1S/C27H22F3N7O/c1-15(2)34-21-9-16(7-8-19(21)26(31)38)20-10-24(27(28,29)30)35-25-18(20)5-4-6-23(25)37-13-22(32-14-37)17-11-33-36(3)12-17/h4-14H,1-3H3,(H2,31,38). The Balaban J connectivity index is 1.75. The maximum atomic E-state index is 14.0. The Bertz CT molecular complexity index is 1730. The quantitative estimate of drug-likeness (QED) is 0.301. The molecule has 11 heteroatoms. The van der Waals surface area contributed by atoms with Crippen LogP contribution in [0.1, 0.15) is 29.9 Å². The van der Waals surface area contributed by atoms with E-state index >= 15 is 0 Å². The van der Waals surface area contributed by atoms with Crippen LogP contribution in [0.15, 0.2) is 72.4 Å². The molecule has 0 atom stereocenters. The van der Waals surface area contributed by atoms with E-state index in [-0.39, 0.29) is 22.3 Å². The second kappa shape index (κ2) is 9.25. The molecule has 38 heavy (non-hydrogen) atoms. The van der Waals surface area contributed by atoms with E-state index in [0.29, 0.717) is 28.0 Å². The average molecular weight is 518 g/mol. The number of rotatable bonds is 5. The molecule has 0 bridgehead atoms. The van der Waals surface area contributed by atoms with Gasteiger partial charge in [-0.25, -0.2) is 9.97 Å². The molecule has 2 N–H and O–H groups in total. The van der Waals surface area contributed by atoms with Crippen molar-refractivity contribution in [3.05, 3.63) is 78.6 Å². The van der Waals surface area contributed by atoms with Crippen LogP contribution < -0.4 is 5.73 Å². The number of pyridine rings is 1. The van der Waals surface area contributed by atoms with Crippen LogP contribution in [0.4, 0.5) is 18.9 Å².